The van der Waals surface area contributed by atoms with E-state index in [2.05, 4.69) is 16.3 Å². The van der Waals surface area contributed by atoms with E-state index in [1.807, 2.05) is 38.3 Å². The minimum absolute atomic E-state index is 0. The van der Waals surface area contributed by atoms with Gasteiger partial charge in [-0.15, -0.1) is 11.2 Å². The third-order valence-electron chi connectivity index (χ3n) is 2.09. The molecular formula is C14H18N3OPrS-. The van der Waals surface area contributed by atoms with Crippen LogP contribution in [0.25, 0.3) is 0 Å². The van der Waals surface area contributed by atoms with Gasteiger partial charge in [0.25, 0.3) is 0 Å². The maximum Gasteiger partial charge on any atom is 0.240 e. The first-order chi connectivity index (χ1) is 9.15. The fourth-order valence-corrected chi connectivity index (χ4v) is 1.63. The van der Waals surface area contributed by atoms with Crippen molar-refractivity contribution in [2.45, 2.75) is 13.8 Å². The zero-order chi connectivity index (χ0) is 14.1. The van der Waals surface area contributed by atoms with Gasteiger partial charge >= 0.3 is 0 Å². The van der Waals surface area contributed by atoms with Crippen LogP contribution in [0.2, 0.25) is 0 Å². The van der Waals surface area contributed by atoms with E-state index in [0.717, 1.165) is 0 Å². The number of nitrogens with zero attached hydrogens (tertiary/aromatic N) is 3. The molecule has 0 N–H and O–H groups in total. The maximum absolute atomic E-state index is 12.0. The predicted octanol–water partition coefficient (Wildman–Crippen LogP) is 2.85. The van der Waals surface area contributed by atoms with Crippen LogP contribution in [0.5, 0.6) is 0 Å². The molecule has 1 aromatic carbocycles. The Morgan fingerprint density at radius 2 is 2.20 bits per heavy atom. The van der Waals surface area contributed by atoms with Gasteiger partial charge in [0.05, 0.1) is 5.75 Å². The van der Waals surface area contributed by atoms with Crippen molar-refractivity contribution in [3.8, 4) is 0 Å². The van der Waals surface area contributed by atoms with E-state index in [4.69, 9.17) is 0 Å². The quantitative estimate of drug-likeness (QED) is 0.309. The average Bonchev–Trinajstić information content (AvgIpc) is 2.39. The molecule has 0 aliphatic heterocycles. The molecule has 1 rings (SSSR count). The molecular weight excluding hydrogens is 399 g/mol. The summed E-state index contributed by atoms with van der Waals surface area (Å²) in [6, 6.07) is 10.3. The van der Waals surface area contributed by atoms with E-state index in [9.17, 15) is 4.79 Å². The summed E-state index contributed by atoms with van der Waals surface area (Å²) >= 11 is 1.47. The van der Waals surface area contributed by atoms with Crippen molar-refractivity contribution in [1.29, 1.82) is 0 Å². The molecule has 0 saturated carbocycles. The molecule has 105 valence electrons. The minimum Gasteiger partial charge on any atom is -0.293 e. The van der Waals surface area contributed by atoms with Crippen LogP contribution >= 0.6 is 11.8 Å². The van der Waals surface area contributed by atoms with Crippen LogP contribution in [-0.4, -0.2) is 30.5 Å². The number of hydrogen-bond acceptors (Lipinski definition) is 4. The Hall–Kier alpha value is -0.256. The fourth-order valence-electron chi connectivity index (χ4n) is 1.24. The van der Waals surface area contributed by atoms with E-state index < -0.39 is 0 Å². The van der Waals surface area contributed by atoms with E-state index >= 15 is 0 Å². The van der Waals surface area contributed by atoms with Crippen molar-refractivity contribution >= 4 is 35.9 Å². The molecule has 1 radical (unpaired) electrons. The topological polar surface area (TPSA) is 45.0 Å². The van der Waals surface area contributed by atoms with Crippen LogP contribution in [-0.2, 0) is 4.79 Å². The number of hydrogen-bond donors (Lipinski definition) is 0. The first-order valence-corrected chi connectivity index (χ1v) is 7.39. The standard InChI is InChI=1S/C14H18N3OS.Pr/c1-12(2)9-15-16-11-17(14(18)10-19-3)13-7-5-4-6-8-13;/h4-7,9,11-12H,10H2,1-3H3;/q-1;/b15-9+,16-11+;. The molecule has 0 aliphatic carbocycles. The molecule has 20 heavy (non-hydrogen) atoms. The number of rotatable bonds is 6. The number of carbonyl (C=O) groups excluding carboxylic acids is 1. The van der Waals surface area contributed by atoms with Gasteiger partial charge in [-0.05, 0) is 12.2 Å². The van der Waals surface area contributed by atoms with E-state index in [0.29, 0.717) is 17.4 Å². The summed E-state index contributed by atoms with van der Waals surface area (Å²) in [7, 11) is 0. The van der Waals surface area contributed by atoms with Gasteiger partial charge in [-0.25, -0.2) is 0 Å². The molecule has 0 saturated heterocycles. The Morgan fingerprint density at radius 1 is 1.45 bits per heavy atom. The first kappa shape index (κ1) is 19.7. The molecule has 6 heteroatoms. The summed E-state index contributed by atoms with van der Waals surface area (Å²) < 4.78 is 0. The normalized spacial score (nSPS) is 11.0. The molecule has 0 aromatic heterocycles. The molecule has 0 unspecified atom stereocenters. The summed E-state index contributed by atoms with van der Waals surface area (Å²) in [4.78, 5) is 13.5. The van der Waals surface area contributed by atoms with Gasteiger partial charge in [0.2, 0.25) is 5.91 Å². The number of thioether (sulfide) groups is 1. The summed E-state index contributed by atoms with van der Waals surface area (Å²) in [5.74, 6) is 0.678. The SMILES string of the molecule is CSCC(=O)N(/C=N/N=C/C(C)C)c1[c-]cccc1.[Pr]. The molecule has 0 spiro atoms. The largest absolute Gasteiger partial charge is 0.293 e. The van der Waals surface area contributed by atoms with Gasteiger partial charge in [-0.1, -0.05) is 19.5 Å². The van der Waals surface area contributed by atoms with Crippen LogP contribution in [0.15, 0.2) is 34.5 Å². The van der Waals surface area contributed by atoms with Crippen molar-refractivity contribution in [2.75, 3.05) is 16.9 Å². The molecule has 1 aromatic rings. The molecule has 4 nitrogen and oxygen atoms in total. The molecule has 0 bridgehead atoms. The average molecular weight is 417 g/mol. The van der Waals surface area contributed by atoms with Gasteiger partial charge in [-0.3, -0.25) is 9.69 Å². The summed E-state index contributed by atoms with van der Waals surface area (Å²) in [6.07, 6.45) is 5.05. The second kappa shape index (κ2) is 11.4. The predicted molar refractivity (Wildman–Crippen MR) is 83.0 cm³/mol. The zero-order valence-electron chi connectivity index (χ0n) is 12.0. The Balaban J connectivity index is 0.00000361. The molecule has 0 aliphatic rings. The van der Waals surface area contributed by atoms with E-state index in [1.54, 1.807) is 12.3 Å². The Kier molecular flexibility index (Phi) is 11.3. The second-order valence-electron chi connectivity index (χ2n) is 4.18. The van der Waals surface area contributed by atoms with Crippen molar-refractivity contribution < 1.29 is 46.1 Å². The Bertz CT molecular complexity index is 449. The third kappa shape index (κ3) is 7.51. The number of para-hydroxylation sites is 1. The van der Waals surface area contributed by atoms with Crippen LogP contribution in [0.3, 0.4) is 0 Å². The molecule has 0 atom stereocenters. The summed E-state index contributed by atoms with van der Waals surface area (Å²) in [5.41, 5.74) is 0.671. The smallest absolute Gasteiger partial charge is 0.240 e. The van der Waals surface area contributed by atoms with E-state index in [1.165, 1.54) is 23.0 Å². The number of anilines is 1. The Labute approximate surface area is 158 Å². The van der Waals surface area contributed by atoms with Crippen LogP contribution < -0.4 is 4.90 Å². The molecule has 1 amide bonds. The van der Waals surface area contributed by atoms with Crippen LogP contribution in [0.1, 0.15) is 13.8 Å². The number of benzene rings is 1. The third-order valence-corrected chi connectivity index (χ3v) is 2.62. The summed E-state index contributed by atoms with van der Waals surface area (Å²) in [6.45, 7) is 4.03. The van der Waals surface area contributed by atoms with Gasteiger partial charge in [0, 0.05) is 47.5 Å². The van der Waals surface area contributed by atoms with Gasteiger partial charge in [0.15, 0.2) is 0 Å². The van der Waals surface area contributed by atoms with Crippen molar-refractivity contribution in [3.63, 3.8) is 0 Å². The molecule has 0 heterocycles. The van der Waals surface area contributed by atoms with Gasteiger partial charge in [-0.2, -0.15) is 41.1 Å². The van der Waals surface area contributed by atoms with Gasteiger partial charge < -0.3 is 0 Å². The first-order valence-electron chi connectivity index (χ1n) is 5.99. The molecule has 0 fully saturated rings. The van der Waals surface area contributed by atoms with Gasteiger partial charge in [0.1, 0.15) is 6.34 Å². The maximum atomic E-state index is 12.0. The van der Waals surface area contributed by atoms with E-state index in [-0.39, 0.29) is 47.2 Å². The van der Waals surface area contributed by atoms with Crippen LogP contribution in [0, 0.1) is 53.3 Å². The number of carbonyl (C=O) groups is 1. The monoisotopic (exact) mass is 417 g/mol. The second-order valence-corrected chi connectivity index (χ2v) is 5.05. The van der Waals surface area contributed by atoms with Crippen molar-refractivity contribution in [1.82, 2.24) is 0 Å². The number of amides is 1. The van der Waals surface area contributed by atoms with Crippen molar-refractivity contribution in [3.05, 3.63) is 30.3 Å². The van der Waals surface area contributed by atoms with Crippen molar-refractivity contribution in [2.24, 2.45) is 16.1 Å². The summed E-state index contributed by atoms with van der Waals surface area (Å²) in [5, 5.41) is 7.82. The zero-order valence-corrected chi connectivity index (χ0v) is 16.5. The minimum atomic E-state index is -0.0431. The van der Waals surface area contributed by atoms with Crippen LogP contribution in [0.4, 0.5) is 5.69 Å². The Morgan fingerprint density at radius 3 is 2.75 bits per heavy atom. The fraction of sp³-hybridized carbons (Fsp3) is 0.357.